The third-order valence-electron chi connectivity index (χ3n) is 3.36. The summed E-state index contributed by atoms with van der Waals surface area (Å²) >= 11 is 0. The van der Waals surface area contributed by atoms with Crippen LogP contribution in [-0.2, 0) is 12.8 Å². The van der Waals surface area contributed by atoms with Gasteiger partial charge in [-0.25, -0.2) is 8.78 Å². The topological polar surface area (TPSA) is 26.3 Å². The third-order valence-corrected chi connectivity index (χ3v) is 3.36. The number of carbonyl (C=O) groups is 1. The first kappa shape index (κ1) is 12.8. The van der Waals surface area contributed by atoms with Crippen molar-refractivity contribution in [2.24, 2.45) is 0 Å². The average molecular weight is 274 g/mol. The van der Waals surface area contributed by atoms with Crippen LogP contribution in [-0.4, -0.2) is 12.4 Å². The summed E-state index contributed by atoms with van der Waals surface area (Å²) in [4.78, 5) is 12.3. The van der Waals surface area contributed by atoms with Crippen LogP contribution in [0.25, 0.3) is 0 Å². The van der Waals surface area contributed by atoms with Crippen LogP contribution in [0.3, 0.4) is 0 Å². The first-order chi connectivity index (χ1) is 9.65. The molecule has 1 aliphatic rings. The van der Waals surface area contributed by atoms with Gasteiger partial charge in [0.2, 0.25) is 0 Å². The molecule has 0 saturated carbocycles. The molecule has 0 N–H and O–H groups in total. The first-order valence-corrected chi connectivity index (χ1v) is 6.37. The van der Waals surface area contributed by atoms with Gasteiger partial charge in [-0.1, -0.05) is 18.2 Å². The predicted octanol–water partition coefficient (Wildman–Crippen LogP) is 3.33. The molecular formula is C16H12F2O2. The van der Waals surface area contributed by atoms with Gasteiger partial charge in [-0.15, -0.1) is 0 Å². The van der Waals surface area contributed by atoms with Crippen LogP contribution in [0.15, 0.2) is 36.4 Å². The molecule has 2 aromatic rings. The zero-order valence-corrected chi connectivity index (χ0v) is 10.7. The van der Waals surface area contributed by atoms with E-state index in [2.05, 4.69) is 0 Å². The number of Topliss-reactive ketones (excluding diaryl/α,β-unsaturated/α-hetero) is 1. The van der Waals surface area contributed by atoms with E-state index in [-0.39, 0.29) is 12.2 Å². The number of ketones is 1. The summed E-state index contributed by atoms with van der Waals surface area (Å²) in [5, 5.41) is 0. The van der Waals surface area contributed by atoms with Gasteiger partial charge in [0.25, 0.3) is 0 Å². The molecule has 2 nitrogen and oxygen atoms in total. The zero-order valence-electron chi connectivity index (χ0n) is 10.7. The van der Waals surface area contributed by atoms with Crippen LogP contribution in [0.1, 0.15) is 21.5 Å². The molecule has 102 valence electrons. The highest BCUT2D eigenvalue weighted by Gasteiger charge is 2.20. The second-order valence-corrected chi connectivity index (χ2v) is 4.74. The molecule has 2 aromatic carbocycles. The molecule has 1 aliphatic heterocycles. The van der Waals surface area contributed by atoms with E-state index in [1.165, 1.54) is 6.07 Å². The Morgan fingerprint density at radius 1 is 1.15 bits per heavy atom. The Morgan fingerprint density at radius 3 is 2.80 bits per heavy atom. The highest BCUT2D eigenvalue weighted by molar-refractivity contribution is 6.00. The average Bonchev–Trinajstić information content (AvgIpc) is 2.91. The molecule has 0 aromatic heterocycles. The van der Waals surface area contributed by atoms with E-state index in [0.717, 1.165) is 24.1 Å². The summed E-state index contributed by atoms with van der Waals surface area (Å²) < 4.78 is 31.5. The molecule has 0 spiro atoms. The zero-order chi connectivity index (χ0) is 14.1. The first-order valence-electron chi connectivity index (χ1n) is 6.37. The summed E-state index contributed by atoms with van der Waals surface area (Å²) in [6.07, 6.45) is 0.818. The lowest BCUT2D eigenvalue weighted by Crippen LogP contribution is -2.06. The number of fused-ring (bicyclic) bond motifs is 1. The monoisotopic (exact) mass is 274 g/mol. The number of hydrogen-bond acceptors (Lipinski definition) is 2. The predicted molar refractivity (Wildman–Crippen MR) is 70.0 cm³/mol. The summed E-state index contributed by atoms with van der Waals surface area (Å²) in [7, 11) is 0. The Kier molecular flexibility index (Phi) is 3.22. The Bertz CT molecular complexity index is 680. The molecule has 0 bridgehead atoms. The molecule has 4 heteroatoms. The molecule has 0 atom stereocenters. The lowest BCUT2D eigenvalue weighted by molar-refractivity contribution is 0.0990. The maximum atomic E-state index is 13.1. The molecule has 20 heavy (non-hydrogen) atoms. The molecule has 3 rings (SSSR count). The van der Waals surface area contributed by atoms with Crippen molar-refractivity contribution in [2.75, 3.05) is 6.61 Å². The fourth-order valence-electron chi connectivity index (χ4n) is 2.36. The van der Waals surface area contributed by atoms with Crippen molar-refractivity contribution >= 4 is 5.78 Å². The molecule has 0 amide bonds. The van der Waals surface area contributed by atoms with Crippen molar-refractivity contribution < 1.29 is 18.3 Å². The molecule has 1 heterocycles. The smallest absolute Gasteiger partial charge is 0.170 e. The Balaban J connectivity index is 1.87. The maximum Gasteiger partial charge on any atom is 0.170 e. The largest absolute Gasteiger partial charge is 0.492 e. The van der Waals surface area contributed by atoms with Gasteiger partial charge in [0.1, 0.15) is 5.75 Å². The maximum absolute atomic E-state index is 13.1. The SMILES string of the molecule is O=C(Cc1ccc(F)c(F)c1)c1cccc2c1OCC2. The Morgan fingerprint density at radius 2 is 2.00 bits per heavy atom. The second kappa shape index (κ2) is 5.04. The van der Waals surface area contributed by atoms with Crippen LogP contribution in [0, 0.1) is 11.6 Å². The van der Waals surface area contributed by atoms with Crippen molar-refractivity contribution in [1.29, 1.82) is 0 Å². The van der Waals surface area contributed by atoms with Gasteiger partial charge < -0.3 is 4.74 Å². The Labute approximate surface area is 115 Å². The van der Waals surface area contributed by atoms with Gasteiger partial charge >= 0.3 is 0 Å². The summed E-state index contributed by atoms with van der Waals surface area (Å²) in [5.41, 5.74) is 1.97. The third kappa shape index (κ3) is 2.29. The van der Waals surface area contributed by atoms with Crippen LogP contribution in [0.5, 0.6) is 5.75 Å². The van der Waals surface area contributed by atoms with E-state index < -0.39 is 11.6 Å². The number of carbonyl (C=O) groups excluding carboxylic acids is 1. The van der Waals surface area contributed by atoms with Crippen molar-refractivity contribution in [3.05, 3.63) is 64.7 Å². The lowest BCUT2D eigenvalue weighted by atomic mass is 10.00. The van der Waals surface area contributed by atoms with Gasteiger partial charge in [0.15, 0.2) is 17.4 Å². The van der Waals surface area contributed by atoms with Crippen LogP contribution in [0.2, 0.25) is 0 Å². The molecular weight excluding hydrogens is 262 g/mol. The number of benzene rings is 2. The second-order valence-electron chi connectivity index (χ2n) is 4.74. The molecule has 0 unspecified atom stereocenters. The standard InChI is InChI=1S/C16H12F2O2/c17-13-5-4-10(8-14(13)18)9-15(19)12-3-1-2-11-6-7-20-16(11)12/h1-5,8H,6-7,9H2. The van der Waals surface area contributed by atoms with Gasteiger partial charge in [-0.3, -0.25) is 4.79 Å². The van der Waals surface area contributed by atoms with Gasteiger partial charge in [0, 0.05) is 12.8 Å². The Hall–Kier alpha value is -2.23. The van der Waals surface area contributed by atoms with E-state index in [9.17, 15) is 13.6 Å². The highest BCUT2D eigenvalue weighted by Crippen LogP contribution is 2.30. The van der Waals surface area contributed by atoms with Crippen LogP contribution >= 0.6 is 0 Å². The molecule has 0 radical (unpaired) electrons. The fraction of sp³-hybridized carbons (Fsp3) is 0.188. The number of ether oxygens (including phenoxy) is 1. The lowest BCUT2D eigenvalue weighted by Gasteiger charge is -2.07. The van der Waals surface area contributed by atoms with E-state index in [1.54, 1.807) is 6.07 Å². The van der Waals surface area contributed by atoms with E-state index in [1.807, 2.05) is 12.1 Å². The van der Waals surface area contributed by atoms with Gasteiger partial charge in [-0.05, 0) is 29.3 Å². The summed E-state index contributed by atoms with van der Waals surface area (Å²) in [6.45, 7) is 0.574. The number of para-hydroxylation sites is 1. The fourth-order valence-corrected chi connectivity index (χ4v) is 2.36. The molecule has 0 saturated heterocycles. The normalized spacial score (nSPS) is 12.9. The van der Waals surface area contributed by atoms with Gasteiger partial charge in [0.05, 0.1) is 12.2 Å². The minimum absolute atomic E-state index is 0.0248. The minimum Gasteiger partial charge on any atom is -0.492 e. The highest BCUT2D eigenvalue weighted by atomic mass is 19.2. The number of rotatable bonds is 3. The van der Waals surface area contributed by atoms with E-state index >= 15 is 0 Å². The quantitative estimate of drug-likeness (QED) is 0.802. The van der Waals surface area contributed by atoms with Crippen LogP contribution < -0.4 is 4.74 Å². The van der Waals surface area contributed by atoms with E-state index in [0.29, 0.717) is 23.5 Å². The molecule has 0 aliphatic carbocycles. The molecule has 0 fully saturated rings. The number of hydrogen-bond donors (Lipinski definition) is 0. The van der Waals surface area contributed by atoms with Crippen LogP contribution in [0.4, 0.5) is 8.78 Å². The van der Waals surface area contributed by atoms with Crippen molar-refractivity contribution in [3.8, 4) is 5.75 Å². The van der Waals surface area contributed by atoms with Crippen molar-refractivity contribution in [1.82, 2.24) is 0 Å². The van der Waals surface area contributed by atoms with Gasteiger partial charge in [-0.2, -0.15) is 0 Å². The minimum atomic E-state index is -0.940. The van der Waals surface area contributed by atoms with E-state index in [4.69, 9.17) is 4.74 Å². The number of halogens is 2. The van der Waals surface area contributed by atoms with Crippen molar-refractivity contribution in [2.45, 2.75) is 12.8 Å². The summed E-state index contributed by atoms with van der Waals surface area (Å²) in [5.74, 6) is -1.38. The summed E-state index contributed by atoms with van der Waals surface area (Å²) in [6, 6.07) is 8.94. The van der Waals surface area contributed by atoms with Crippen molar-refractivity contribution in [3.63, 3.8) is 0 Å².